The molecule has 1 nitrogen and oxygen atoms in total. The molecular weight excluding hydrogens is 502 g/mol. The van der Waals surface area contributed by atoms with Crippen LogP contribution in [0.25, 0.3) is 52.8 Å². The van der Waals surface area contributed by atoms with Crippen molar-refractivity contribution < 1.29 is 0 Å². The number of benzene rings is 7. The van der Waals surface area contributed by atoms with E-state index >= 15 is 0 Å². The topological polar surface area (TPSA) is 3.24 Å². The van der Waals surface area contributed by atoms with Gasteiger partial charge in [0.1, 0.15) is 0 Å². The van der Waals surface area contributed by atoms with Crippen molar-refractivity contribution in [2.45, 2.75) is 0 Å². The molecule has 2 heteroatoms. The van der Waals surface area contributed by atoms with Crippen molar-refractivity contribution >= 4 is 70.1 Å². The number of anilines is 3. The van der Waals surface area contributed by atoms with Gasteiger partial charge in [0.2, 0.25) is 0 Å². The van der Waals surface area contributed by atoms with E-state index in [1.54, 1.807) is 0 Å². The zero-order valence-electron chi connectivity index (χ0n) is 21.8. The van der Waals surface area contributed by atoms with Crippen LogP contribution in [0.5, 0.6) is 0 Å². The van der Waals surface area contributed by atoms with Gasteiger partial charge in [-0.05, 0) is 69.8 Å². The highest BCUT2D eigenvalue weighted by Gasteiger charge is 2.16. The summed E-state index contributed by atoms with van der Waals surface area (Å²) < 4.78 is 2.67. The van der Waals surface area contributed by atoms with E-state index < -0.39 is 0 Å². The molecule has 0 aliphatic rings. The molecule has 0 fully saturated rings. The molecule has 1 heterocycles. The summed E-state index contributed by atoms with van der Waals surface area (Å²) in [6.45, 7) is 0. The molecule has 0 bridgehead atoms. The highest BCUT2D eigenvalue weighted by molar-refractivity contribution is 7.26. The van der Waals surface area contributed by atoms with Gasteiger partial charge in [0.25, 0.3) is 0 Å². The molecule has 0 unspecified atom stereocenters. The van der Waals surface area contributed by atoms with Crippen LogP contribution in [0.3, 0.4) is 0 Å². The maximum atomic E-state index is 2.36. The van der Waals surface area contributed by atoms with E-state index in [-0.39, 0.29) is 0 Å². The summed E-state index contributed by atoms with van der Waals surface area (Å²) in [6, 6.07) is 54.8. The van der Waals surface area contributed by atoms with Crippen LogP contribution >= 0.6 is 11.3 Å². The Morgan fingerprint density at radius 3 is 1.85 bits per heavy atom. The van der Waals surface area contributed by atoms with Crippen LogP contribution in [0.15, 0.2) is 152 Å². The monoisotopic (exact) mass is 527 g/mol. The molecule has 0 spiro atoms. The van der Waals surface area contributed by atoms with Crippen molar-refractivity contribution in [3.63, 3.8) is 0 Å². The highest BCUT2D eigenvalue weighted by Crippen LogP contribution is 2.44. The Labute approximate surface area is 237 Å². The van der Waals surface area contributed by atoms with Gasteiger partial charge >= 0.3 is 0 Å². The third-order valence-electron chi connectivity index (χ3n) is 7.83. The number of nitrogens with zero attached hydrogens (tertiary/aromatic N) is 1. The Hall–Kier alpha value is -4.92. The summed E-state index contributed by atoms with van der Waals surface area (Å²) in [4.78, 5) is 2.36. The van der Waals surface area contributed by atoms with Crippen LogP contribution in [0.4, 0.5) is 17.1 Å². The molecule has 8 aromatic rings. The third-order valence-corrected chi connectivity index (χ3v) is 9.04. The van der Waals surface area contributed by atoms with Crippen molar-refractivity contribution in [1.82, 2.24) is 0 Å². The fourth-order valence-electron chi connectivity index (χ4n) is 5.91. The number of para-hydroxylation sites is 1. The number of rotatable bonds is 4. The molecular formula is C38H25NS. The maximum Gasteiger partial charge on any atom is 0.0468 e. The van der Waals surface area contributed by atoms with E-state index in [9.17, 15) is 0 Å². The zero-order chi connectivity index (χ0) is 26.5. The van der Waals surface area contributed by atoms with E-state index in [0.717, 1.165) is 17.1 Å². The van der Waals surface area contributed by atoms with Crippen LogP contribution in [0.2, 0.25) is 0 Å². The molecule has 0 aliphatic heterocycles. The van der Waals surface area contributed by atoms with Crippen molar-refractivity contribution in [2.24, 2.45) is 0 Å². The lowest BCUT2D eigenvalue weighted by Gasteiger charge is -2.25. The summed E-state index contributed by atoms with van der Waals surface area (Å²) in [7, 11) is 0. The SMILES string of the molecule is c1ccc(-c2ccc(N(c3ccccc3)c3ccc4sc5c(ccc6ccc7ccccc7c65)c4c3)cc2)cc1. The molecule has 1 aromatic heterocycles. The maximum absolute atomic E-state index is 2.36. The third kappa shape index (κ3) is 3.77. The lowest BCUT2D eigenvalue weighted by atomic mass is 9.99. The van der Waals surface area contributed by atoms with E-state index in [1.165, 1.54) is 52.8 Å². The van der Waals surface area contributed by atoms with Gasteiger partial charge in [-0.3, -0.25) is 0 Å². The minimum absolute atomic E-state index is 1.14. The molecule has 7 aromatic carbocycles. The first-order valence-electron chi connectivity index (χ1n) is 13.6. The van der Waals surface area contributed by atoms with Crippen molar-refractivity contribution in [3.05, 3.63) is 152 Å². The minimum Gasteiger partial charge on any atom is -0.310 e. The Morgan fingerprint density at radius 2 is 1.02 bits per heavy atom. The molecule has 8 rings (SSSR count). The summed E-state index contributed by atoms with van der Waals surface area (Å²) in [6.07, 6.45) is 0. The Kier molecular flexibility index (Phi) is 5.39. The van der Waals surface area contributed by atoms with E-state index in [0.29, 0.717) is 0 Å². The van der Waals surface area contributed by atoms with Gasteiger partial charge in [0, 0.05) is 42.6 Å². The zero-order valence-corrected chi connectivity index (χ0v) is 22.6. The van der Waals surface area contributed by atoms with Gasteiger partial charge in [-0.25, -0.2) is 0 Å². The molecule has 0 saturated carbocycles. The molecule has 0 N–H and O–H groups in total. The first-order chi connectivity index (χ1) is 19.8. The smallest absolute Gasteiger partial charge is 0.0468 e. The second-order valence-corrected chi connectivity index (χ2v) is 11.2. The van der Waals surface area contributed by atoms with E-state index in [4.69, 9.17) is 0 Å². The molecule has 40 heavy (non-hydrogen) atoms. The van der Waals surface area contributed by atoms with Gasteiger partial charge in [-0.2, -0.15) is 0 Å². The molecule has 0 saturated heterocycles. The molecule has 0 radical (unpaired) electrons. The largest absolute Gasteiger partial charge is 0.310 e. The highest BCUT2D eigenvalue weighted by atomic mass is 32.1. The number of thiophene rings is 1. The Balaban J connectivity index is 1.32. The van der Waals surface area contributed by atoms with Gasteiger partial charge in [-0.15, -0.1) is 11.3 Å². The fourth-order valence-corrected chi connectivity index (χ4v) is 7.16. The predicted molar refractivity (Wildman–Crippen MR) is 174 cm³/mol. The fraction of sp³-hybridized carbons (Fsp3) is 0. The van der Waals surface area contributed by atoms with Crippen LogP contribution < -0.4 is 4.90 Å². The van der Waals surface area contributed by atoms with Crippen LogP contribution in [-0.2, 0) is 0 Å². The summed E-state index contributed by atoms with van der Waals surface area (Å²) in [5.41, 5.74) is 5.89. The minimum atomic E-state index is 1.14. The quantitative estimate of drug-likeness (QED) is 0.206. The molecule has 0 aliphatic carbocycles. The summed E-state index contributed by atoms with van der Waals surface area (Å²) in [5, 5.41) is 7.88. The standard InChI is InChI=1S/C38H25NS/c1-3-9-26(10-4-1)27-17-20-31(21-18-27)39(30-12-5-2-6-13-30)32-22-24-36-35(25-32)34-23-19-29-16-15-28-11-7-8-14-33(28)37(29)38(34)40-36/h1-25H. The van der Waals surface area contributed by atoms with Crippen molar-refractivity contribution in [3.8, 4) is 11.1 Å². The van der Waals surface area contributed by atoms with E-state index in [1.807, 2.05) is 11.3 Å². The predicted octanol–water partition coefficient (Wildman–Crippen LogP) is 11.5. The van der Waals surface area contributed by atoms with Gasteiger partial charge in [-0.1, -0.05) is 109 Å². The average Bonchev–Trinajstić information content (AvgIpc) is 3.40. The number of hydrogen-bond acceptors (Lipinski definition) is 2. The molecule has 0 atom stereocenters. The molecule has 188 valence electrons. The average molecular weight is 528 g/mol. The summed E-state index contributed by atoms with van der Waals surface area (Å²) >= 11 is 1.90. The van der Waals surface area contributed by atoms with Crippen LogP contribution in [0, 0.1) is 0 Å². The second kappa shape index (κ2) is 9.37. The lowest BCUT2D eigenvalue weighted by molar-refractivity contribution is 1.29. The molecule has 0 amide bonds. The van der Waals surface area contributed by atoms with E-state index in [2.05, 4.69) is 157 Å². The van der Waals surface area contributed by atoms with Crippen molar-refractivity contribution in [1.29, 1.82) is 0 Å². The van der Waals surface area contributed by atoms with Crippen LogP contribution in [0.1, 0.15) is 0 Å². The number of hydrogen-bond donors (Lipinski definition) is 0. The normalized spacial score (nSPS) is 11.5. The van der Waals surface area contributed by atoms with Gasteiger partial charge in [0.15, 0.2) is 0 Å². The van der Waals surface area contributed by atoms with Gasteiger partial charge < -0.3 is 4.90 Å². The lowest BCUT2D eigenvalue weighted by Crippen LogP contribution is -2.09. The van der Waals surface area contributed by atoms with Gasteiger partial charge in [0.05, 0.1) is 0 Å². The first-order valence-corrected chi connectivity index (χ1v) is 14.4. The summed E-state index contributed by atoms with van der Waals surface area (Å²) in [5.74, 6) is 0. The Bertz CT molecular complexity index is 2140. The van der Waals surface area contributed by atoms with Crippen molar-refractivity contribution in [2.75, 3.05) is 4.90 Å². The van der Waals surface area contributed by atoms with Crippen LogP contribution in [-0.4, -0.2) is 0 Å². The first kappa shape index (κ1) is 23.0. The Morgan fingerprint density at radius 1 is 0.400 bits per heavy atom. The number of fused-ring (bicyclic) bond motifs is 7. The second-order valence-electron chi connectivity index (χ2n) is 10.2.